The van der Waals surface area contributed by atoms with E-state index in [2.05, 4.69) is 47.7 Å². The number of nitrogens with zero attached hydrogens (tertiary/aromatic N) is 3. The van der Waals surface area contributed by atoms with Crippen LogP contribution >= 0.6 is 0 Å². The van der Waals surface area contributed by atoms with Gasteiger partial charge >= 0.3 is 0 Å². The van der Waals surface area contributed by atoms with Crippen molar-refractivity contribution < 1.29 is 0 Å². The molecule has 0 aliphatic carbocycles. The van der Waals surface area contributed by atoms with E-state index in [-0.39, 0.29) is 0 Å². The van der Waals surface area contributed by atoms with Crippen LogP contribution in [0.15, 0.2) is 12.1 Å². The van der Waals surface area contributed by atoms with E-state index in [1.807, 2.05) is 0 Å². The van der Waals surface area contributed by atoms with Crippen molar-refractivity contribution in [2.45, 2.75) is 27.3 Å². The molecule has 0 amide bonds. The van der Waals surface area contributed by atoms with Gasteiger partial charge in [0.15, 0.2) is 0 Å². The molecule has 0 unspecified atom stereocenters. The summed E-state index contributed by atoms with van der Waals surface area (Å²) >= 11 is 0. The molecule has 1 fully saturated rings. The molecule has 0 N–H and O–H groups in total. The van der Waals surface area contributed by atoms with Gasteiger partial charge in [0.1, 0.15) is 0 Å². The molecule has 0 radical (unpaired) electrons. The van der Waals surface area contributed by atoms with Gasteiger partial charge in [-0.15, -0.1) is 0 Å². The predicted octanol–water partition coefficient (Wildman–Crippen LogP) is 1.84. The molecule has 17 heavy (non-hydrogen) atoms. The summed E-state index contributed by atoms with van der Waals surface area (Å²) in [4.78, 5) is 9.48. The summed E-state index contributed by atoms with van der Waals surface area (Å²) in [6.45, 7) is 13.4. The van der Waals surface area contributed by atoms with Crippen LogP contribution in [0.3, 0.4) is 0 Å². The average Bonchev–Trinajstić information content (AvgIpc) is 2.28. The van der Waals surface area contributed by atoms with Crippen molar-refractivity contribution in [3.63, 3.8) is 0 Å². The molecule has 1 saturated heterocycles. The maximum absolute atomic E-state index is 4.43. The topological polar surface area (TPSA) is 19.4 Å². The highest BCUT2D eigenvalue weighted by Gasteiger charge is 2.15. The van der Waals surface area contributed by atoms with Crippen LogP contribution in [0, 0.1) is 13.8 Å². The van der Waals surface area contributed by atoms with Crippen molar-refractivity contribution >= 4 is 0 Å². The van der Waals surface area contributed by atoms with Crippen LogP contribution in [-0.4, -0.2) is 47.5 Å². The molecule has 0 atom stereocenters. The Morgan fingerprint density at radius 3 is 2.06 bits per heavy atom. The van der Waals surface area contributed by atoms with Crippen molar-refractivity contribution in [2.24, 2.45) is 0 Å². The molecular formula is C14H23N3. The Labute approximate surface area is 104 Å². The van der Waals surface area contributed by atoms with Gasteiger partial charge in [-0.3, -0.25) is 9.88 Å². The zero-order valence-electron chi connectivity index (χ0n) is 11.2. The van der Waals surface area contributed by atoms with E-state index in [0.29, 0.717) is 0 Å². The van der Waals surface area contributed by atoms with Crippen LogP contribution in [0.5, 0.6) is 0 Å². The predicted molar refractivity (Wildman–Crippen MR) is 71.1 cm³/mol. The third kappa shape index (κ3) is 3.51. The van der Waals surface area contributed by atoms with E-state index in [4.69, 9.17) is 0 Å². The zero-order chi connectivity index (χ0) is 12.3. The lowest BCUT2D eigenvalue weighted by atomic mass is 10.1. The number of hydrogen-bond donors (Lipinski definition) is 0. The fourth-order valence-electron chi connectivity index (χ4n) is 2.53. The van der Waals surface area contributed by atoms with Crippen molar-refractivity contribution in [1.82, 2.24) is 14.8 Å². The Morgan fingerprint density at radius 2 is 1.53 bits per heavy atom. The maximum atomic E-state index is 4.43. The number of piperazine rings is 1. The lowest BCUT2D eigenvalue weighted by Gasteiger charge is -2.34. The fourth-order valence-corrected chi connectivity index (χ4v) is 2.53. The van der Waals surface area contributed by atoms with Crippen LogP contribution in [-0.2, 0) is 6.54 Å². The highest BCUT2D eigenvalue weighted by Crippen LogP contribution is 2.10. The number of rotatable bonds is 3. The lowest BCUT2D eigenvalue weighted by molar-refractivity contribution is 0.132. The second-order valence-electron chi connectivity index (χ2n) is 4.97. The molecule has 1 aromatic heterocycles. The highest BCUT2D eigenvalue weighted by molar-refractivity contribution is 5.20. The first-order valence-electron chi connectivity index (χ1n) is 6.56. The molecule has 1 aliphatic rings. The summed E-state index contributed by atoms with van der Waals surface area (Å²) in [7, 11) is 0. The number of hydrogen-bond acceptors (Lipinski definition) is 3. The SMILES string of the molecule is CCN1CCN(Cc2cc(C)nc(C)c2)CC1. The highest BCUT2D eigenvalue weighted by atomic mass is 15.3. The van der Waals surface area contributed by atoms with E-state index in [1.54, 1.807) is 0 Å². The number of aryl methyl sites for hydroxylation is 2. The maximum Gasteiger partial charge on any atom is 0.0379 e. The molecule has 0 bridgehead atoms. The first-order valence-corrected chi connectivity index (χ1v) is 6.56. The summed E-state index contributed by atoms with van der Waals surface area (Å²) < 4.78 is 0. The van der Waals surface area contributed by atoms with Crippen molar-refractivity contribution in [1.29, 1.82) is 0 Å². The first kappa shape index (κ1) is 12.5. The third-order valence-corrected chi connectivity index (χ3v) is 3.46. The van der Waals surface area contributed by atoms with Gasteiger partial charge in [-0.1, -0.05) is 6.92 Å². The van der Waals surface area contributed by atoms with E-state index < -0.39 is 0 Å². The smallest absolute Gasteiger partial charge is 0.0379 e. The summed E-state index contributed by atoms with van der Waals surface area (Å²) in [5.41, 5.74) is 3.67. The lowest BCUT2D eigenvalue weighted by Crippen LogP contribution is -2.45. The van der Waals surface area contributed by atoms with Gasteiger partial charge in [0.05, 0.1) is 0 Å². The Morgan fingerprint density at radius 1 is 1.00 bits per heavy atom. The molecule has 0 saturated carbocycles. The summed E-state index contributed by atoms with van der Waals surface area (Å²) in [6, 6.07) is 4.42. The number of aromatic nitrogens is 1. The molecule has 2 rings (SSSR count). The average molecular weight is 233 g/mol. The van der Waals surface area contributed by atoms with Crippen LogP contribution in [0.2, 0.25) is 0 Å². The molecule has 3 nitrogen and oxygen atoms in total. The minimum Gasteiger partial charge on any atom is -0.301 e. The van der Waals surface area contributed by atoms with Gasteiger partial charge in [-0.25, -0.2) is 0 Å². The van der Waals surface area contributed by atoms with Crippen molar-refractivity contribution in [3.05, 3.63) is 29.1 Å². The van der Waals surface area contributed by atoms with Crippen LogP contribution in [0.1, 0.15) is 23.9 Å². The van der Waals surface area contributed by atoms with E-state index in [1.165, 1.54) is 38.3 Å². The Kier molecular flexibility index (Phi) is 4.13. The van der Waals surface area contributed by atoms with Crippen molar-refractivity contribution in [2.75, 3.05) is 32.7 Å². The largest absolute Gasteiger partial charge is 0.301 e. The van der Waals surface area contributed by atoms with Crippen LogP contribution < -0.4 is 0 Å². The van der Waals surface area contributed by atoms with Gasteiger partial charge in [-0.05, 0) is 38.1 Å². The molecule has 2 heterocycles. The summed E-state index contributed by atoms with van der Waals surface area (Å²) in [5.74, 6) is 0. The third-order valence-electron chi connectivity index (χ3n) is 3.46. The Hall–Kier alpha value is -0.930. The van der Waals surface area contributed by atoms with Crippen LogP contribution in [0.25, 0.3) is 0 Å². The number of pyridine rings is 1. The van der Waals surface area contributed by atoms with Gasteiger partial charge in [-0.2, -0.15) is 0 Å². The molecule has 1 aliphatic heterocycles. The summed E-state index contributed by atoms with van der Waals surface area (Å²) in [5, 5.41) is 0. The quantitative estimate of drug-likeness (QED) is 0.794. The molecule has 94 valence electrons. The molecule has 0 spiro atoms. The monoisotopic (exact) mass is 233 g/mol. The summed E-state index contributed by atoms with van der Waals surface area (Å²) in [6.07, 6.45) is 0. The first-order chi connectivity index (χ1) is 8.17. The molecule has 0 aromatic carbocycles. The molecular weight excluding hydrogens is 210 g/mol. The second kappa shape index (κ2) is 5.61. The normalized spacial score (nSPS) is 18.5. The minimum atomic E-state index is 1.07. The zero-order valence-corrected chi connectivity index (χ0v) is 11.2. The van der Waals surface area contributed by atoms with Gasteiger partial charge in [0.25, 0.3) is 0 Å². The molecule has 3 heteroatoms. The number of likely N-dealkylation sites (N-methyl/N-ethyl adjacent to an activating group) is 1. The fraction of sp³-hybridized carbons (Fsp3) is 0.643. The van der Waals surface area contributed by atoms with E-state index >= 15 is 0 Å². The van der Waals surface area contributed by atoms with Crippen molar-refractivity contribution in [3.8, 4) is 0 Å². The Bertz CT molecular complexity index is 347. The van der Waals surface area contributed by atoms with Gasteiger partial charge < -0.3 is 4.90 Å². The van der Waals surface area contributed by atoms with Crippen LogP contribution in [0.4, 0.5) is 0 Å². The Balaban J connectivity index is 1.93. The van der Waals surface area contributed by atoms with Gasteiger partial charge in [0, 0.05) is 44.1 Å². The van der Waals surface area contributed by atoms with Gasteiger partial charge in [0.2, 0.25) is 0 Å². The van der Waals surface area contributed by atoms with E-state index in [0.717, 1.165) is 17.9 Å². The minimum absolute atomic E-state index is 1.07. The molecule has 1 aromatic rings. The second-order valence-corrected chi connectivity index (χ2v) is 4.97. The van der Waals surface area contributed by atoms with E-state index in [9.17, 15) is 0 Å². The standard InChI is InChI=1S/C14H23N3/c1-4-16-5-7-17(8-6-16)11-14-9-12(2)15-13(3)10-14/h9-10H,4-8,11H2,1-3H3.